The van der Waals surface area contributed by atoms with E-state index in [-0.39, 0.29) is 6.09 Å². The van der Waals surface area contributed by atoms with Crippen LogP contribution in [0.25, 0.3) is 0 Å². The van der Waals surface area contributed by atoms with Crippen LogP contribution in [-0.2, 0) is 11.8 Å². The van der Waals surface area contributed by atoms with Gasteiger partial charge in [0, 0.05) is 0 Å². The topological polar surface area (TPSA) is 35.1 Å². The largest absolute Gasteiger partial charge is 0.511 e. The summed E-state index contributed by atoms with van der Waals surface area (Å²) in [6.45, 7) is 2.73. The van der Waals surface area contributed by atoms with Gasteiger partial charge in [0.2, 0.25) is 0 Å². The first-order chi connectivity index (χ1) is 8.24. The lowest BCUT2D eigenvalue weighted by molar-refractivity contribution is -0.670. The predicted octanol–water partition coefficient (Wildman–Crippen LogP) is 2.66. The molecule has 96 valence electrons. The third kappa shape index (κ3) is 5.52. The molecule has 0 spiro atoms. The van der Waals surface area contributed by atoms with E-state index in [1.165, 1.54) is 30.3 Å². The van der Waals surface area contributed by atoms with Crippen molar-refractivity contribution in [2.45, 2.75) is 45.4 Å². The zero-order valence-corrected chi connectivity index (χ0v) is 10.9. The number of rotatable bonds is 7. The lowest BCUT2D eigenvalue weighted by Crippen LogP contribution is -2.25. The van der Waals surface area contributed by atoms with Gasteiger partial charge in [-0.3, -0.25) is 0 Å². The van der Waals surface area contributed by atoms with E-state index >= 15 is 0 Å². The second-order valence-electron chi connectivity index (χ2n) is 4.37. The number of aromatic nitrogens is 2. The number of hydrogen-bond donors (Lipinski definition) is 0. The number of hydrogen-bond acceptors (Lipinski definition) is 2. The summed E-state index contributed by atoms with van der Waals surface area (Å²) in [6.07, 6.45) is 12.1. The third-order valence-electron chi connectivity index (χ3n) is 2.70. The Morgan fingerprint density at radius 3 is 2.59 bits per heavy atom. The minimum absolute atomic E-state index is 0.292. The fourth-order valence-corrected chi connectivity index (χ4v) is 1.67. The maximum Gasteiger partial charge on any atom is 0.511 e. The molecule has 0 atom stereocenters. The molecular weight excluding hydrogens is 216 g/mol. The van der Waals surface area contributed by atoms with Crippen LogP contribution in [-0.4, -0.2) is 17.3 Å². The highest BCUT2D eigenvalue weighted by Crippen LogP contribution is 2.05. The molecule has 4 heteroatoms. The van der Waals surface area contributed by atoms with Gasteiger partial charge in [0.05, 0.1) is 13.7 Å². The second kappa shape index (κ2) is 7.87. The SMILES string of the molecule is CCCCCCCCOC(=O)n1cc[n+](C)c1. The lowest BCUT2D eigenvalue weighted by Gasteiger charge is -2.01. The first-order valence-corrected chi connectivity index (χ1v) is 6.44. The van der Waals surface area contributed by atoms with Crippen LogP contribution in [0, 0.1) is 0 Å². The number of nitrogens with zero attached hydrogens (tertiary/aromatic N) is 2. The normalized spacial score (nSPS) is 10.5. The first kappa shape index (κ1) is 13.7. The van der Waals surface area contributed by atoms with Crippen molar-refractivity contribution in [3.05, 3.63) is 18.7 Å². The van der Waals surface area contributed by atoms with Crippen LogP contribution in [0.3, 0.4) is 0 Å². The number of unbranched alkanes of at least 4 members (excludes halogenated alkanes) is 5. The molecule has 0 aliphatic heterocycles. The Kier molecular flexibility index (Phi) is 6.37. The van der Waals surface area contributed by atoms with Crippen molar-refractivity contribution in [1.29, 1.82) is 0 Å². The average molecular weight is 239 g/mol. The van der Waals surface area contributed by atoms with E-state index in [9.17, 15) is 4.79 Å². The highest BCUT2D eigenvalue weighted by Gasteiger charge is 2.12. The summed E-state index contributed by atoms with van der Waals surface area (Å²) in [6, 6.07) is 0. The number of aryl methyl sites for hydroxylation is 1. The van der Waals surface area contributed by atoms with Crippen LogP contribution in [0.4, 0.5) is 4.79 Å². The van der Waals surface area contributed by atoms with E-state index in [1.54, 1.807) is 12.5 Å². The Bertz CT molecular complexity index is 334. The molecule has 1 aromatic heterocycles. The van der Waals surface area contributed by atoms with Gasteiger partial charge in [0.25, 0.3) is 6.33 Å². The molecule has 17 heavy (non-hydrogen) atoms. The maximum atomic E-state index is 11.5. The molecule has 1 rings (SSSR count). The highest BCUT2D eigenvalue weighted by molar-refractivity contribution is 5.69. The van der Waals surface area contributed by atoms with E-state index in [2.05, 4.69) is 6.92 Å². The highest BCUT2D eigenvalue weighted by atomic mass is 16.5. The number of carbonyl (C=O) groups excluding carboxylic acids is 1. The smallest absolute Gasteiger partial charge is 0.431 e. The van der Waals surface area contributed by atoms with Crippen LogP contribution < -0.4 is 4.57 Å². The van der Waals surface area contributed by atoms with E-state index in [0.29, 0.717) is 6.61 Å². The van der Waals surface area contributed by atoms with Gasteiger partial charge in [-0.2, -0.15) is 4.79 Å². The van der Waals surface area contributed by atoms with Crippen molar-refractivity contribution < 1.29 is 14.1 Å². The number of imidazole rings is 1. The van der Waals surface area contributed by atoms with E-state index < -0.39 is 0 Å². The lowest BCUT2D eigenvalue weighted by atomic mass is 10.1. The second-order valence-corrected chi connectivity index (χ2v) is 4.37. The summed E-state index contributed by atoms with van der Waals surface area (Å²) in [5.74, 6) is 0. The van der Waals surface area contributed by atoms with Gasteiger partial charge in [-0.05, 0) is 6.42 Å². The summed E-state index contributed by atoms with van der Waals surface area (Å²) < 4.78 is 8.43. The van der Waals surface area contributed by atoms with Crippen LogP contribution >= 0.6 is 0 Å². The molecule has 0 aromatic carbocycles. The summed E-state index contributed by atoms with van der Waals surface area (Å²) in [7, 11) is 1.87. The monoisotopic (exact) mass is 239 g/mol. The fraction of sp³-hybridized carbons (Fsp3) is 0.692. The molecule has 0 fully saturated rings. The summed E-state index contributed by atoms with van der Waals surface area (Å²) in [5, 5.41) is 0. The molecule has 0 unspecified atom stereocenters. The molecule has 0 N–H and O–H groups in total. The van der Waals surface area contributed by atoms with Gasteiger partial charge in [0.1, 0.15) is 12.4 Å². The Balaban J connectivity index is 2.05. The van der Waals surface area contributed by atoms with Gasteiger partial charge in [-0.15, -0.1) is 4.57 Å². The summed E-state index contributed by atoms with van der Waals surface area (Å²) in [4.78, 5) is 11.5. The van der Waals surface area contributed by atoms with Crippen LogP contribution in [0.2, 0.25) is 0 Å². The van der Waals surface area contributed by atoms with Gasteiger partial charge in [0.15, 0.2) is 0 Å². The molecule has 1 aromatic rings. The average Bonchev–Trinajstić information content (AvgIpc) is 2.74. The van der Waals surface area contributed by atoms with Crippen LogP contribution in [0.5, 0.6) is 0 Å². The predicted molar refractivity (Wildman–Crippen MR) is 65.7 cm³/mol. The molecule has 1 heterocycles. The molecule has 0 aliphatic carbocycles. The molecule has 4 nitrogen and oxygen atoms in total. The number of ether oxygens (including phenoxy) is 1. The molecule has 0 aliphatic rings. The standard InChI is InChI=1S/C13H23N2O2/c1-3-4-5-6-7-8-11-17-13(16)15-10-9-14(2)12-15/h9-10,12H,3-8,11H2,1-2H3/q+1. The van der Waals surface area contributed by atoms with Crippen molar-refractivity contribution in [2.75, 3.05) is 6.61 Å². The first-order valence-electron chi connectivity index (χ1n) is 6.44. The zero-order valence-electron chi connectivity index (χ0n) is 10.9. The fourth-order valence-electron chi connectivity index (χ4n) is 1.67. The molecule has 0 saturated carbocycles. The molecule has 0 saturated heterocycles. The maximum absolute atomic E-state index is 11.5. The minimum Gasteiger partial charge on any atom is -0.431 e. The molecule has 0 bridgehead atoms. The molecular formula is C13H23N2O2+. The van der Waals surface area contributed by atoms with Crippen LogP contribution in [0.1, 0.15) is 45.4 Å². The number of carbonyl (C=O) groups is 1. The van der Waals surface area contributed by atoms with E-state index in [4.69, 9.17) is 4.74 Å². The molecule has 0 radical (unpaired) electrons. The summed E-state index contributed by atoms with van der Waals surface area (Å²) >= 11 is 0. The van der Waals surface area contributed by atoms with Crippen molar-refractivity contribution >= 4 is 6.09 Å². The molecule has 0 amide bonds. The van der Waals surface area contributed by atoms with E-state index in [0.717, 1.165) is 12.8 Å². The van der Waals surface area contributed by atoms with Gasteiger partial charge in [-0.25, -0.2) is 4.57 Å². The van der Waals surface area contributed by atoms with Crippen molar-refractivity contribution in [1.82, 2.24) is 4.57 Å². The minimum atomic E-state index is -0.292. The Morgan fingerprint density at radius 2 is 1.94 bits per heavy atom. The Hall–Kier alpha value is -1.32. The Morgan fingerprint density at radius 1 is 1.24 bits per heavy atom. The zero-order chi connectivity index (χ0) is 12.5. The van der Waals surface area contributed by atoms with Gasteiger partial charge in [-0.1, -0.05) is 39.0 Å². The van der Waals surface area contributed by atoms with Crippen molar-refractivity contribution in [3.63, 3.8) is 0 Å². The van der Waals surface area contributed by atoms with Crippen LogP contribution in [0.15, 0.2) is 18.7 Å². The van der Waals surface area contributed by atoms with Crippen molar-refractivity contribution in [2.24, 2.45) is 7.05 Å². The van der Waals surface area contributed by atoms with E-state index in [1.807, 2.05) is 17.8 Å². The van der Waals surface area contributed by atoms with Gasteiger partial charge < -0.3 is 4.74 Å². The Labute approximate surface area is 103 Å². The summed E-state index contributed by atoms with van der Waals surface area (Å²) in [5.41, 5.74) is 0. The van der Waals surface area contributed by atoms with Crippen molar-refractivity contribution in [3.8, 4) is 0 Å². The third-order valence-corrected chi connectivity index (χ3v) is 2.70. The quantitative estimate of drug-likeness (QED) is 0.541. The van der Waals surface area contributed by atoms with Gasteiger partial charge >= 0.3 is 6.09 Å².